The Hall–Kier alpha value is -0.740. The van der Waals surface area contributed by atoms with Crippen LogP contribution in [0.25, 0.3) is 0 Å². The number of carbonyl (C=O) groups excluding carboxylic acids is 1. The van der Waals surface area contributed by atoms with Gasteiger partial charge in [0.15, 0.2) is 0 Å². The molecule has 0 bridgehead atoms. The summed E-state index contributed by atoms with van der Waals surface area (Å²) in [7, 11) is 0. The Morgan fingerprint density at radius 1 is 1.06 bits per heavy atom. The zero-order valence-corrected chi connectivity index (χ0v) is 9.02. The minimum Gasteiger partial charge on any atom is -0.346 e. The number of amides is 1. The van der Waals surface area contributed by atoms with Crippen molar-refractivity contribution >= 4 is 5.91 Å². The number of fused-ring (bicyclic) bond motifs is 1. The van der Waals surface area contributed by atoms with Crippen molar-refractivity contribution in [2.24, 2.45) is 11.8 Å². The van der Waals surface area contributed by atoms with Crippen LogP contribution in [0.5, 0.6) is 0 Å². The maximum Gasteiger partial charge on any atom is 0.471 e. The highest BCUT2D eigenvalue weighted by Crippen LogP contribution is 2.42. The Balaban J connectivity index is 1.85. The third-order valence-corrected chi connectivity index (χ3v) is 3.88. The largest absolute Gasteiger partial charge is 0.471 e. The number of rotatable bonds is 1. The monoisotopic (exact) mass is 235 g/mol. The van der Waals surface area contributed by atoms with E-state index >= 15 is 0 Å². The first-order valence-corrected chi connectivity index (χ1v) is 5.84. The number of alkyl halides is 3. The first-order valence-electron chi connectivity index (χ1n) is 5.84. The van der Waals surface area contributed by atoms with Crippen LogP contribution in [-0.2, 0) is 4.79 Å². The van der Waals surface area contributed by atoms with E-state index in [0.717, 1.165) is 19.3 Å². The first kappa shape index (κ1) is 11.7. The number of carbonyl (C=O) groups is 1. The summed E-state index contributed by atoms with van der Waals surface area (Å²) < 4.78 is 36.2. The third-order valence-electron chi connectivity index (χ3n) is 3.88. The van der Waals surface area contributed by atoms with E-state index in [-0.39, 0.29) is 6.04 Å². The quantitative estimate of drug-likeness (QED) is 0.743. The van der Waals surface area contributed by atoms with Gasteiger partial charge in [-0.2, -0.15) is 13.2 Å². The maximum absolute atomic E-state index is 12.1. The highest BCUT2D eigenvalue weighted by Gasteiger charge is 2.41. The predicted octanol–water partition coefficient (Wildman–Crippen LogP) is 2.63. The molecule has 2 aliphatic rings. The molecule has 2 rings (SSSR count). The Morgan fingerprint density at radius 2 is 1.75 bits per heavy atom. The van der Waals surface area contributed by atoms with Gasteiger partial charge in [-0.25, -0.2) is 0 Å². The standard InChI is InChI=1S/C11H16F3NO/c12-11(13,14)10(16)15-9-5-4-7-2-1-3-8(7)6-9/h7-9H,1-6H2,(H,15,16)/t7-,8-,9+/m0/s1. The summed E-state index contributed by atoms with van der Waals surface area (Å²) in [6.45, 7) is 0. The van der Waals surface area contributed by atoms with Crippen LogP contribution in [0.1, 0.15) is 38.5 Å². The molecule has 5 heteroatoms. The van der Waals surface area contributed by atoms with Crippen LogP contribution in [0.4, 0.5) is 13.2 Å². The lowest BCUT2D eigenvalue weighted by molar-refractivity contribution is -0.174. The highest BCUT2D eigenvalue weighted by molar-refractivity contribution is 5.81. The lowest BCUT2D eigenvalue weighted by Crippen LogP contribution is -2.45. The van der Waals surface area contributed by atoms with Crippen molar-refractivity contribution < 1.29 is 18.0 Å². The van der Waals surface area contributed by atoms with Gasteiger partial charge in [-0.15, -0.1) is 0 Å². The molecular formula is C11H16F3NO. The molecule has 0 heterocycles. The molecular weight excluding hydrogens is 219 g/mol. The Kier molecular flexibility index (Phi) is 3.13. The minimum absolute atomic E-state index is 0.270. The van der Waals surface area contributed by atoms with Crippen LogP contribution < -0.4 is 5.32 Å². The molecule has 2 aliphatic carbocycles. The van der Waals surface area contributed by atoms with Gasteiger partial charge in [-0.05, 0) is 31.1 Å². The molecule has 2 fully saturated rings. The Morgan fingerprint density at radius 3 is 2.44 bits per heavy atom. The Bertz CT molecular complexity index is 277. The van der Waals surface area contributed by atoms with E-state index in [2.05, 4.69) is 5.32 Å². The van der Waals surface area contributed by atoms with Crippen molar-refractivity contribution in [1.29, 1.82) is 0 Å². The molecule has 0 aromatic heterocycles. The summed E-state index contributed by atoms with van der Waals surface area (Å²) >= 11 is 0. The summed E-state index contributed by atoms with van der Waals surface area (Å²) in [5, 5.41) is 2.11. The van der Waals surface area contributed by atoms with Gasteiger partial charge in [-0.1, -0.05) is 19.3 Å². The lowest BCUT2D eigenvalue weighted by Gasteiger charge is -2.32. The molecule has 16 heavy (non-hydrogen) atoms. The molecule has 3 atom stereocenters. The fraction of sp³-hybridized carbons (Fsp3) is 0.909. The summed E-state index contributed by atoms with van der Waals surface area (Å²) in [6.07, 6.45) is 1.17. The van der Waals surface area contributed by atoms with E-state index in [9.17, 15) is 18.0 Å². The molecule has 2 nitrogen and oxygen atoms in total. The van der Waals surface area contributed by atoms with Crippen molar-refractivity contribution in [3.8, 4) is 0 Å². The van der Waals surface area contributed by atoms with Crippen LogP contribution in [0.3, 0.4) is 0 Å². The molecule has 0 radical (unpaired) electrons. The van der Waals surface area contributed by atoms with Gasteiger partial charge >= 0.3 is 12.1 Å². The van der Waals surface area contributed by atoms with Gasteiger partial charge in [0, 0.05) is 6.04 Å². The molecule has 0 aromatic rings. The summed E-state index contributed by atoms with van der Waals surface area (Å²) in [6, 6.07) is -0.270. The van der Waals surface area contributed by atoms with Crippen LogP contribution in [-0.4, -0.2) is 18.1 Å². The van der Waals surface area contributed by atoms with Gasteiger partial charge in [0.2, 0.25) is 0 Å². The van der Waals surface area contributed by atoms with E-state index in [1.807, 2.05) is 0 Å². The highest BCUT2D eigenvalue weighted by atomic mass is 19.4. The fourth-order valence-corrected chi connectivity index (χ4v) is 3.10. The SMILES string of the molecule is O=C(N[C@@H]1CC[C@@H]2CCC[C@H]2C1)C(F)(F)F. The second kappa shape index (κ2) is 4.26. The molecule has 0 saturated heterocycles. The second-order valence-electron chi connectivity index (χ2n) is 4.93. The molecule has 1 amide bonds. The normalized spacial score (nSPS) is 34.6. The maximum atomic E-state index is 12.1. The molecule has 2 saturated carbocycles. The van der Waals surface area contributed by atoms with Gasteiger partial charge in [0.05, 0.1) is 0 Å². The summed E-state index contributed by atoms with van der Waals surface area (Å²) in [5.74, 6) is -0.555. The van der Waals surface area contributed by atoms with E-state index < -0.39 is 12.1 Å². The minimum atomic E-state index is -4.74. The lowest BCUT2D eigenvalue weighted by atomic mass is 9.79. The van der Waals surface area contributed by atoms with Crippen molar-refractivity contribution in [2.45, 2.75) is 50.7 Å². The number of hydrogen-bond donors (Lipinski definition) is 1. The van der Waals surface area contributed by atoms with Gasteiger partial charge < -0.3 is 5.32 Å². The van der Waals surface area contributed by atoms with Crippen molar-refractivity contribution in [3.05, 3.63) is 0 Å². The molecule has 92 valence electrons. The average molecular weight is 235 g/mol. The van der Waals surface area contributed by atoms with Crippen molar-refractivity contribution in [3.63, 3.8) is 0 Å². The van der Waals surface area contributed by atoms with E-state index in [4.69, 9.17) is 0 Å². The van der Waals surface area contributed by atoms with Crippen molar-refractivity contribution in [2.75, 3.05) is 0 Å². The zero-order chi connectivity index (χ0) is 11.8. The number of hydrogen-bond acceptors (Lipinski definition) is 1. The molecule has 0 aromatic carbocycles. The average Bonchev–Trinajstić information content (AvgIpc) is 2.63. The van der Waals surface area contributed by atoms with E-state index in [0.29, 0.717) is 18.3 Å². The first-order chi connectivity index (χ1) is 7.47. The van der Waals surface area contributed by atoms with Gasteiger partial charge in [0.1, 0.15) is 0 Å². The summed E-state index contributed by atoms with van der Waals surface area (Å²) in [4.78, 5) is 10.8. The van der Waals surface area contributed by atoms with Crippen LogP contribution >= 0.6 is 0 Å². The van der Waals surface area contributed by atoms with Crippen LogP contribution in [0.15, 0.2) is 0 Å². The Labute approximate surface area is 92.6 Å². The van der Waals surface area contributed by atoms with Gasteiger partial charge in [0.25, 0.3) is 0 Å². The zero-order valence-electron chi connectivity index (χ0n) is 9.02. The summed E-state index contributed by atoms with van der Waals surface area (Å²) in [5.41, 5.74) is 0. The predicted molar refractivity (Wildman–Crippen MR) is 52.7 cm³/mol. The fourth-order valence-electron chi connectivity index (χ4n) is 3.10. The molecule has 0 aliphatic heterocycles. The van der Waals surface area contributed by atoms with E-state index in [1.165, 1.54) is 12.8 Å². The second-order valence-corrected chi connectivity index (χ2v) is 4.93. The number of halogens is 3. The number of nitrogens with one attached hydrogen (secondary N) is 1. The van der Waals surface area contributed by atoms with Crippen LogP contribution in [0, 0.1) is 11.8 Å². The topological polar surface area (TPSA) is 29.1 Å². The van der Waals surface area contributed by atoms with Crippen molar-refractivity contribution in [1.82, 2.24) is 5.32 Å². The third kappa shape index (κ3) is 2.50. The van der Waals surface area contributed by atoms with Gasteiger partial charge in [-0.3, -0.25) is 4.79 Å². The smallest absolute Gasteiger partial charge is 0.346 e. The molecule has 0 unspecified atom stereocenters. The van der Waals surface area contributed by atoms with E-state index in [1.54, 1.807) is 0 Å². The molecule has 1 N–H and O–H groups in total. The van der Waals surface area contributed by atoms with Crippen LogP contribution in [0.2, 0.25) is 0 Å². The molecule has 0 spiro atoms.